The summed E-state index contributed by atoms with van der Waals surface area (Å²) < 4.78 is 0. The van der Waals surface area contributed by atoms with Crippen molar-refractivity contribution in [2.45, 2.75) is 64.9 Å². The first-order valence-corrected chi connectivity index (χ1v) is 11.5. The van der Waals surface area contributed by atoms with Crippen molar-refractivity contribution in [2.24, 2.45) is 5.92 Å². The van der Waals surface area contributed by atoms with Gasteiger partial charge < -0.3 is 5.11 Å². The molecule has 0 spiro atoms. The van der Waals surface area contributed by atoms with E-state index in [0.717, 1.165) is 64.8 Å². The molecular weight excluding hydrogens is 396 g/mol. The van der Waals surface area contributed by atoms with Crippen LogP contribution >= 0.6 is 0 Å². The molecular formula is C28H32N2O2. The van der Waals surface area contributed by atoms with Crippen molar-refractivity contribution in [3.8, 4) is 22.3 Å². The first-order chi connectivity index (χ1) is 15.2. The number of aryl methyl sites for hydroxylation is 1. The summed E-state index contributed by atoms with van der Waals surface area (Å²) in [5, 5.41) is 9.72. The number of Topliss-reactive ketones (excluding diaryl/α,β-unsaturated/α-hetero) is 1. The molecule has 2 aromatic heterocycles. The van der Waals surface area contributed by atoms with Crippen molar-refractivity contribution in [1.82, 2.24) is 9.97 Å². The monoisotopic (exact) mass is 428 g/mol. The second-order valence-electron chi connectivity index (χ2n) is 10.0. The highest BCUT2D eigenvalue weighted by Gasteiger charge is 2.26. The highest BCUT2D eigenvalue weighted by Crippen LogP contribution is 2.32. The predicted octanol–water partition coefficient (Wildman–Crippen LogP) is 6.15. The Bertz CT molecular complexity index is 1120. The minimum absolute atomic E-state index is 0.0174. The van der Waals surface area contributed by atoms with Gasteiger partial charge in [-0.2, -0.15) is 0 Å². The number of aromatic nitrogens is 2. The molecule has 1 N–H and O–H groups in total. The van der Waals surface area contributed by atoms with E-state index in [4.69, 9.17) is 0 Å². The van der Waals surface area contributed by atoms with Crippen LogP contribution in [-0.2, 0) is 5.41 Å². The third-order valence-electron chi connectivity index (χ3n) is 6.49. The zero-order valence-electron chi connectivity index (χ0n) is 19.4. The second-order valence-corrected chi connectivity index (χ2v) is 10.0. The molecule has 3 aromatic rings. The van der Waals surface area contributed by atoms with E-state index in [1.54, 1.807) is 0 Å². The molecule has 166 valence electrons. The summed E-state index contributed by atoms with van der Waals surface area (Å²) in [5.74, 6) is 0.224. The Morgan fingerprint density at radius 2 is 1.66 bits per heavy atom. The van der Waals surface area contributed by atoms with Gasteiger partial charge in [0, 0.05) is 52.3 Å². The summed E-state index contributed by atoms with van der Waals surface area (Å²) in [6.07, 6.45) is 8.36. The molecule has 1 fully saturated rings. The fourth-order valence-corrected chi connectivity index (χ4v) is 4.48. The van der Waals surface area contributed by atoms with Crippen LogP contribution in [0.15, 0.2) is 55.0 Å². The molecule has 32 heavy (non-hydrogen) atoms. The highest BCUT2D eigenvalue weighted by molar-refractivity contribution is 5.98. The fraction of sp³-hybridized carbons (Fsp3) is 0.393. The van der Waals surface area contributed by atoms with Gasteiger partial charge in [-0.15, -0.1) is 0 Å². The molecule has 0 unspecified atom stereocenters. The first-order valence-electron chi connectivity index (χ1n) is 11.5. The third kappa shape index (κ3) is 4.81. The molecule has 0 bridgehead atoms. The van der Waals surface area contributed by atoms with Crippen LogP contribution in [0.25, 0.3) is 22.3 Å². The van der Waals surface area contributed by atoms with Gasteiger partial charge in [0.15, 0.2) is 5.78 Å². The van der Waals surface area contributed by atoms with E-state index in [-0.39, 0.29) is 23.2 Å². The highest BCUT2D eigenvalue weighted by atomic mass is 16.3. The normalized spacial score (nSPS) is 19.0. The number of carbonyl (C=O) groups is 1. The maximum Gasteiger partial charge on any atom is 0.165 e. The zero-order valence-corrected chi connectivity index (χ0v) is 19.4. The van der Waals surface area contributed by atoms with Crippen LogP contribution in [0.5, 0.6) is 0 Å². The summed E-state index contributed by atoms with van der Waals surface area (Å²) in [4.78, 5) is 22.0. The maximum absolute atomic E-state index is 13.0. The van der Waals surface area contributed by atoms with E-state index in [1.807, 2.05) is 49.8 Å². The minimum atomic E-state index is -0.247. The van der Waals surface area contributed by atoms with Crippen molar-refractivity contribution >= 4 is 5.78 Å². The van der Waals surface area contributed by atoms with Gasteiger partial charge in [-0.25, -0.2) is 0 Å². The van der Waals surface area contributed by atoms with Gasteiger partial charge in [-0.3, -0.25) is 14.8 Å². The van der Waals surface area contributed by atoms with Crippen LogP contribution in [0, 0.1) is 12.8 Å². The average molecular weight is 429 g/mol. The molecule has 0 atom stereocenters. The van der Waals surface area contributed by atoms with Crippen molar-refractivity contribution in [3.05, 3.63) is 71.8 Å². The molecule has 4 heteroatoms. The number of carbonyl (C=O) groups excluding carboxylic acids is 1. The maximum atomic E-state index is 13.0. The van der Waals surface area contributed by atoms with Crippen molar-refractivity contribution in [2.75, 3.05) is 0 Å². The number of hydrogen-bond donors (Lipinski definition) is 1. The lowest BCUT2D eigenvalue weighted by Crippen LogP contribution is -2.24. The summed E-state index contributed by atoms with van der Waals surface area (Å²) in [7, 11) is 0. The van der Waals surface area contributed by atoms with E-state index >= 15 is 0 Å². The van der Waals surface area contributed by atoms with Gasteiger partial charge in [0.25, 0.3) is 0 Å². The molecule has 1 aliphatic carbocycles. The molecule has 1 aliphatic rings. The topological polar surface area (TPSA) is 63.1 Å². The minimum Gasteiger partial charge on any atom is -0.393 e. The van der Waals surface area contributed by atoms with Crippen LogP contribution in [0.3, 0.4) is 0 Å². The lowest BCUT2D eigenvalue weighted by molar-refractivity contribution is 0.0764. The molecule has 0 radical (unpaired) electrons. The van der Waals surface area contributed by atoms with Gasteiger partial charge >= 0.3 is 0 Å². The molecule has 0 amide bonds. The zero-order chi connectivity index (χ0) is 22.9. The summed E-state index contributed by atoms with van der Waals surface area (Å²) in [5.41, 5.74) is 7.13. The SMILES string of the molecule is Cc1cc(C(=O)C2CCC(O)CC2)ccc1-c1cncc(-c2ccnc(C(C)(C)C)c2)c1. The third-order valence-corrected chi connectivity index (χ3v) is 6.49. The van der Waals surface area contributed by atoms with Crippen molar-refractivity contribution < 1.29 is 9.90 Å². The Morgan fingerprint density at radius 3 is 2.34 bits per heavy atom. The summed E-state index contributed by atoms with van der Waals surface area (Å²) in [6.45, 7) is 8.54. The molecule has 4 nitrogen and oxygen atoms in total. The molecule has 1 aromatic carbocycles. The molecule has 0 aliphatic heterocycles. The predicted molar refractivity (Wildman–Crippen MR) is 129 cm³/mol. The first kappa shape index (κ1) is 22.3. The number of hydrogen-bond acceptors (Lipinski definition) is 4. The number of aliphatic hydroxyl groups is 1. The Morgan fingerprint density at radius 1 is 0.938 bits per heavy atom. The van der Waals surface area contributed by atoms with Gasteiger partial charge in [0.1, 0.15) is 0 Å². The van der Waals surface area contributed by atoms with E-state index in [0.29, 0.717) is 0 Å². The van der Waals surface area contributed by atoms with E-state index in [2.05, 4.69) is 42.9 Å². The average Bonchev–Trinajstić information content (AvgIpc) is 2.78. The summed E-state index contributed by atoms with van der Waals surface area (Å²) >= 11 is 0. The lowest BCUT2D eigenvalue weighted by atomic mass is 9.82. The second kappa shape index (κ2) is 8.95. The van der Waals surface area contributed by atoms with Crippen molar-refractivity contribution in [3.63, 3.8) is 0 Å². The van der Waals surface area contributed by atoms with Crippen LogP contribution in [0.4, 0.5) is 0 Å². The number of rotatable bonds is 4. The lowest BCUT2D eigenvalue weighted by Gasteiger charge is -2.24. The number of benzene rings is 1. The number of nitrogens with zero attached hydrogens (tertiary/aromatic N) is 2. The van der Waals surface area contributed by atoms with E-state index in [9.17, 15) is 9.90 Å². The van der Waals surface area contributed by atoms with E-state index in [1.165, 1.54) is 0 Å². The Kier molecular flexibility index (Phi) is 6.25. The van der Waals surface area contributed by atoms with Gasteiger partial charge in [-0.1, -0.05) is 32.9 Å². The van der Waals surface area contributed by atoms with Gasteiger partial charge in [0.2, 0.25) is 0 Å². The van der Waals surface area contributed by atoms with Crippen molar-refractivity contribution in [1.29, 1.82) is 0 Å². The molecule has 2 heterocycles. The Labute approximate surface area is 190 Å². The molecule has 1 saturated carbocycles. The Balaban J connectivity index is 1.60. The summed E-state index contributed by atoms with van der Waals surface area (Å²) in [6, 6.07) is 12.3. The largest absolute Gasteiger partial charge is 0.393 e. The smallest absolute Gasteiger partial charge is 0.165 e. The molecule has 0 saturated heterocycles. The van der Waals surface area contributed by atoms with Gasteiger partial charge in [0.05, 0.1) is 6.10 Å². The molecule has 4 rings (SSSR count). The quantitative estimate of drug-likeness (QED) is 0.506. The number of pyridine rings is 2. The van der Waals surface area contributed by atoms with Crippen LogP contribution in [-0.4, -0.2) is 27.0 Å². The van der Waals surface area contributed by atoms with E-state index < -0.39 is 0 Å². The number of aliphatic hydroxyl groups excluding tert-OH is 1. The standard InChI is InChI=1S/C28H32N2O2/c1-18-13-21(27(32)19-5-8-24(31)9-6-19)7-10-25(18)23-14-22(16-29-17-23)20-11-12-30-26(15-20)28(2,3)4/h7,10-17,19,24,31H,5-6,8-9H2,1-4H3. The van der Waals surface area contributed by atoms with Crippen LogP contribution in [0.1, 0.15) is 68.1 Å². The number of ketones is 1. The fourth-order valence-electron chi connectivity index (χ4n) is 4.48. The van der Waals surface area contributed by atoms with Crippen LogP contribution < -0.4 is 0 Å². The van der Waals surface area contributed by atoms with Gasteiger partial charge in [-0.05, 0) is 73.6 Å². The van der Waals surface area contributed by atoms with Crippen LogP contribution in [0.2, 0.25) is 0 Å². The Hall–Kier alpha value is -2.85.